The van der Waals surface area contributed by atoms with Crippen LogP contribution in [-0.4, -0.2) is 11.6 Å². The van der Waals surface area contributed by atoms with E-state index in [0.29, 0.717) is 22.4 Å². The summed E-state index contributed by atoms with van der Waals surface area (Å²) in [4.78, 5) is 25.7. The first kappa shape index (κ1) is 15.3. The summed E-state index contributed by atoms with van der Waals surface area (Å²) in [7, 11) is 0. The molecule has 0 saturated heterocycles. The largest absolute Gasteiger partial charge is 0.397 e. The molecule has 118 valence electrons. The maximum Gasteiger partial charge on any atom is 0.196 e. The monoisotopic (exact) mass is 308 g/mol. The molecule has 0 fully saturated rings. The Labute approximate surface area is 135 Å². The first-order valence-electron chi connectivity index (χ1n) is 7.95. The minimum Gasteiger partial charge on any atom is -0.397 e. The molecule has 1 aliphatic rings. The van der Waals surface area contributed by atoms with Crippen LogP contribution in [0.2, 0.25) is 0 Å². The van der Waals surface area contributed by atoms with Crippen molar-refractivity contribution in [3.05, 3.63) is 58.1 Å². The highest BCUT2D eigenvalue weighted by Gasteiger charge is 2.33. The normalized spacial score (nSPS) is 12.9. The van der Waals surface area contributed by atoms with Gasteiger partial charge in [-0.1, -0.05) is 44.0 Å². The molecule has 4 nitrogen and oxygen atoms in total. The van der Waals surface area contributed by atoms with Gasteiger partial charge >= 0.3 is 0 Å². The number of hydrogen-bond donors (Lipinski definition) is 2. The van der Waals surface area contributed by atoms with Gasteiger partial charge in [0.15, 0.2) is 11.6 Å². The lowest BCUT2D eigenvalue weighted by Crippen LogP contribution is -2.24. The van der Waals surface area contributed by atoms with Crippen LogP contribution in [-0.2, 0) is 6.42 Å². The molecule has 2 aromatic carbocycles. The molecule has 4 N–H and O–H groups in total. The van der Waals surface area contributed by atoms with Gasteiger partial charge in [0, 0.05) is 16.7 Å². The van der Waals surface area contributed by atoms with Crippen molar-refractivity contribution in [2.24, 2.45) is 0 Å². The quantitative estimate of drug-likeness (QED) is 0.571. The lowest BCUT2D eigenvalue weighted by Gasteiger charge is -2.22. The zero-order chi connectivity index (χ0) is 16.6. The third-order valence-corrected chi connectivity index (χ3v) is 4.40. The molecule has 0 saturated carbocycles. The van der Waals surface area contributed by atoms with Crippen molar-refractivity contribution < 1.29 is 9.59 Å². The number of ketones is 2. The van der Waals surface area contributed by atoms with E-state index >= 15 is 0 Å². The van der Waals surface area contributed by atoms with Crippen molar-refractivity contribution in [1.29, 1.82) is 0 Å². The highest BCUT2D eigenvalue weighted by Crippen LogP contribution is 2.36. The van der Waals surface area contributed by atoms with Gasteiger partial charge in [-0.2, -0.15) is 0 Å². The number of aryl methyl sites for hydroxylation is 1. The summed E-state index contributed by atoms with van der Waals surface area (Å²) in [6.45, 7) is 2.12. The van der Waals surface area contributed by atoms with Crippen LogP contribution in [0.1, 0.15) is 63.6 Å². The third-order valence-electron chi connectivity index (χ3n) is 4.40. The minimum absolute atomic E-state index is 0.131. The summed E-state index contributed by atoms with van der Waals surface area (Å²) >= 11 is 0. The molecule has 0 bridgehead atoms. The van der Waals surface area contributed by atoms with Gasteiger partial charge in [-0.05, 0) is 24.5 Å². The summed E-state index contributed by atoms with van der Waals surface area (Å²) in [5.41, 5.74) is 15.0. The minimum atomic E-state index is -0.211. The number of benzene rings is 2. The van der Waals surface area contributed by atoms with Gasteiger partial charge in [0.2, 0.25) is 0 Å². The Morgan fingerprint density at radius 3 is 2.13 bits per heavy atom. The van der Waals surface area contributed by atoms with Crippen molar-refractivity contribution in [2.75, 3.05) is 11.5 Å². The molecule has 0 aromatic heterocycles. The average Bonchev–Trinajstić information content (AvgIpc) is 2.56. The smallest absolute Gasteiger partial charge is 0.196 e. The van der Waals surface area contributed by atoms with E-state index in [0.717, 1.165) is 31.2 Å². The van der Waals surface area contributed by atoms with Gasteiger partial charge in [-0.3, -0.25) is 9.59 Å². The van der Waals surface area contributed by atoms with E-state index in [9.17, 15) is 9.59 Å². The molecule has 4 heteroatoms. The van der Waals surface area contributed by atoms with Crippen LogP contribution in [0.15, 0.2) is 30.3 Å². The van der Waals surface area contributed by atoms with E-state index in [2.05, 4.69) is 6.92 Å². The molecule has 1 aliphatic carbocycles. The standard InChI is InChI=1S/C19H20N2O2/c1-2-3-4-7-11-10-14(20)17(21)16-15(11)18(22)12-8-5-6-9-13(12)19(16)23/h5-6,8-10H,2-4,7,20-21H2,1H3. The lowest BCUT2D eigenvalue weighted by molar-refractivity contribution is 0.0979. The molecule has 0 atom stereocenters. The third kappa shape index (κ3) is 2.40. The number of unbranched alkanes of at least 4 members (excludes halogenated alkanes) is 2. The predicted molar refractivity (Wildman–Crippen MR) is 91.8 cm³/mol. The van der Waals surface area contributed by atoms with Crippen molar-refractivity contribution >= 4 is 22.9 Å². The fourth-order valence-electron chi connectivity index (χ4n) is 3.18. The van der Waals surface area contributed by atoms with Gasteiger partial charge in [-0.15, -0.1) is 0 Å². The van der Waals surface area contributed by atoms with E-state index in [1.165, 1.54) is 0 Å². The van der Waals surface area contributed by atoms with E-state index < -0.39 is 0 Å². The van der Waals surface area contributed by atoms with Crippen LogP contribution >= 0.6 is 0 Å². The van der Waals surface area contributed by atoms with Crippen molar-refractivity contribution in [3.63, 3.8) is 0 Å². The Bertz CT molecular complexity index is 809. The Morgan fingerprint density at radius 2 is 1.52 bits per heavy atom. The van der Waals surface area contributed by atoms with Gasteiger partial charge < -0.3 is 11.5 Å². The highest BCUT2D eigenvalue weighted by atomic mass is 16.1. The number of hydrogen-bond acceptors (Lipinski definition) is 4. The second-order valence-corrected chi connectivity index (χ2v) is 5.95. The SMILES string of the molecule is CCCCCc1cc(N)c(N)c2c1C(=O)c1ccccc1C2=O. The number of nitrogens with two attached hydrogens (primary N) is 2. The molecule has 2 aromatic rings. The molecule has 3 rings (SSSR count). The second-order valence-electron chi connectivity index (χ2n) is 5.95. The maximum atomic E-state index is 12.9. The first-order chi connectivity index (χ1) is 11.1. The Kier molecular flexibility index (Phi) is 3.90. The molecular weight excluding hydrogens is 288 g/mol. The zero-order valence-corrected chi connectivity index (χ0v) is 13.2. The van der Waals surface area contributed by atoms with Gasteiger partial charge in [0.05, 0.1) is 16.9 Å². The van der Waals surface area contributed by atoms with Crippen LogP contribution in [0.4, 0.5) is 11.4 Å². The fraction of sp³-hybridized carbons (Fsp3) is 0.263. The van der Waals surface area contributed by atoms with E-state index in [-0.39, 0.29) is 22.8 Å². The highest BCUT2D eigenvalue weighted by molar-refractivity contribution is 6.31. The average molecular weight is 308 g/mol. The lowest BCUT2D eigenvalue weighted by atomic mass is 9.79. The zero-order valence-electron chi connectivity index (χ0n) is 13.2. The van der Waals surface area contributed by atoms with Gasteiger partial charge in [0.25, 0.3) is 0 Å². The number of carbonyl (C=O) groups excluding carboxylic acids is 2. The van der Waals surface area contributed by atoms with Crippen LogP contribution in [0.25, 0.3) is 0 Å². The van der Waals surface area contributed by atoms with Crippen LogP contribution < -0.4 is 11.5 Å². The second kappa shape index (κ2) is 5.88. The predicted octanol–water partition coefficient (Wildman–Crippen LogP) is 3.36. The number of rotatable bonds is 4. The number of anilines is 2. The first-order valence-corrected chi connectivity index (χ1v) is 7.95. The van der Waals surface area contributed by atoms with Crippen LogP contribution in [0.3, 0.4) is 0 Å². The molecule has 23 heavy (non-hydrogen) atoms. The fourth-order valence-corrected chi connectivity index (χ4v) is 3.18. The molecule has 0 radical (unpaired) electrons. The summed E-state index contributed by atoms with van der Waals surface area (Å²) in [5, 5.41) is 0. The number of carbonyl (C=O) groups is 2. The summed E-state index contributed by atoms with van der Waals surface area (Å²) < 4.78 is 0. The van der Waals surface area contributed by atoms with E-state index in [1.54, 1.807) is 30.3 Å². The summed E-state index contributed by atoms with van der Waals surface area (Å²) in [5.74, 6) is -0.342. The van der Waals surface area contributed by atoms with Crippen molar-refractivity contribution in [2.45, 2.75) is 32.6 Å². The van der Waals surface area contributed by atoms with Crippen LogP contribution in [0, 0.1) is 0 Å². The molecule has 0 amide bonds. The molecule has 0 aliphatic heterocycles. The maximum absolute atomic E-state index is 12.9. The van der Waals surface area contributed by atoms with Crippen molar-refractivity contribution in [3.8, 4) is 0 Å². The van der Waals surface area contributed by atoms with E-state index in [1.807, 2.05) is 0 Å². The molecule has 0 spiro atoms. The number of nitrogen functional groups attached to an aromatic ring is 2. The Hall–Kier alpha value is -2.62. The van der Waals surface area contributed by atoms with E-state index in [4.69, 9.17) is 11.5 Å². The topological polar surface area (TPSA) is 86.2 Å². The summed E-state index contributed by atoms with van der Waals surface area (Å²) in [6, 6.07) is 8.63. The van der Waals surface area contributed by atoms with Crippen LogP contribution in [0.5, 0.6) is 0 Å². The molecule has 0 heterocycles. The molecular formula is C19H20N2O2. The number of fused-ring (bicyclic) bond motifs is 2. The summed E-state index contributed by atoms with van der Waals surface area (Å²) in [6.07, 6.45) is 3.83. The Morgan fingerprint density at radius 1 is 0.913 bits per heavy atom. The molecule has 0 unspecified atom stereocenters. The van der Waals surface area contributed by atoms with Gasteiger partial charge in [0.1, 0.15) is 0 Å². The van der Waals surface area contributed by atoms with Gasteiger partial charge in [-0.25, -0.2) is 0 Å². The Balaban J connectivity index is 2.20. The van der Waals surface area contributed by atoms with Crippen molar-refractivity contribution in [1.82, 2.24) is 0 Å².